The van der Waals surface area contributed by atoms with Crippen molar-refractivity contribution in [2.24, 2.45) is 0 Å². The van der Waals surface area contributed by atoms with Crippen LogP contribution in [0.2, 0.25) is 0 Å². The van der Waals surface area contributed by atoms with Gasteiger partial charge in [0.15, 0.2) is 0 Å². The summed E-state index contributed by atoms with van der Waals surface area (Å²) in [6.45, 7) is 4.42. The number of esters is 1. The smallest absolute Gasteiger partial charge is 0.307 e. The first-order valence-corrected chi connectivity index (χ1v) is 7.33. The first kappa shape index (κ1) is 16.4. The van der Waals surface area contributed by atoms with Crippen molar-refractivity contribution in [1.29, 1.82) is 0 Å². The van der Waals surface area contributed by atoms with E-state index in [9.17, 15) is 4.79 Å². The molecule has 0 saturated heterocycles. The van der Waals surface area contributed by atoms with E-state index in [0.717, 1.165) is 19.3 Å². The van der Waals surface area contributed by atoms with Crippen molar-refractivity contribution in [1.82, 2.24) is 5.32 Å². The Balaban J connectivity index is 2.33. The molecule has 0 amide bonds. The molecule has 1 N–H and O–H groups in total. The minimum absolute atomic E-state index is 0.0356. The minimum Gasteiger partial charge on any atom is -0.466 e. The van der Waals surface area contributed by atoms with Gasteiger partial charge >= 0.3 is 5.97 Å². The number of hydrogen-bond acceptors (Lipinski definition) is 4. The van der Waals surface area contributed by atoms with Gasteiger partial charge in [0, 0.05) is 19.1 Å². The zero-order valence-corrected chi connectivity index (χ0v) is 12.9. The predicted octanol–water partition coefficient (Wildman–Crippen LogP) is 2.66. The summed E-state index contributed by atoms with van der Waals surface area (Å²) in [6, 6.07) is 0. The van der Waals surface area contributed by atoms with Crippen LogP contribution in [0.4, 0.5) is 0 Å². The Labute approximate surface area is 117 Å². The van der Waals surface area contributed by atoms with Crippen molar-refractivity contribution in [3.63, 3.8) is 0 Å². The summed E-state index contributed by atoms with van der Waals surface area (Å²) < 4.78 is 10.7. The number of nitrogens with one attached hydrogen (secondary N) is 1. The third kappa shape index (κ3) is 5.49. The molecule has 0 aromatic heterocycles. The fourth-order valence-corrected chi connectivity index (χ4v) is 2.58. The quantitative estimate of drug-likeness (QED) is 0.723. The van der Waals surface area contributed by atoms with Gasteiger partial charge in [0.05, 0.1) is 18.6 Å². The standard InChI is InChI=1S/C15H29NO3/c1-14(2,18-4)10-11-19-13(17)12-15(16-3)8-6-5-7-9-15/h16H,5-12H2,1-4H3. The van der Waals surface area contributed by atoms with Gasteiger partial charge in [-0.25, -0.2) is 0 Å². The number of methoxy groups -OCH3 is 1. The highest BCUT2D eigenvalue weighted by atomic mass is 16.5. The molecule has 1 aliphatic rings. The second-order valence-electron chi connectivity index (χ2n) is 6.20. The largest absolute Gasteiger partial charge is 0.466 e. The van der Waals surface area contributed by atoms with Crippen LogP contribution in [0.25, 0.3) is 0 Å². The van der Waals surface area contributed by atoms with Crippen LogP contribution in [-0.2, 0) is 14.3 Å². The Morgan fingerprint density at radius 2 is 1.89 bits per heavy atom. The molecular weight excluding hydrogens is 242 g/mol. The second-order valence-corrected chi connectivity index (χ2v) is 6.20. The summed E-state index contributed by atoms with van der Waals surface area (Å²) in [5.41, 5.74) is -0.266. The van der Waals surface area contributed by atoms with E-state index in [2.05, 4.69) is 5.32 Å². The summed E-state index contributed by atoms with van der Waals surface area (Å²) in [6.07, 6.45) is 7.03. The molecule has 0 spiro atoms. The molecule has 0 radical (unpaired) electrons. The number of hydrogen-bond donors (Lipinski definition) is 1. The fourth-order valence-electron chi connectivity index (χ4n) is 2.58. The lowest BCUT2D eigenvalue weighted by Gasteiger charge is -2.36. The van der Waals surface area contributed by atoms with E-state index in [-0.39, 0.29) is 17.1 Å². The van der Waals surface area contributed by atoms with Gasteiger partial charge < -0.3 is 14.8 Å². The Morgan fingerprint density at radius 1 is 1.26 bits per heavy atom. The van der Waals surface area contributed by atoms with Gasteiger partial charge in [-0.1, -0.05) is 19.3 Å². The Hall–Kier alpha value is -0.610. The Bertz CT molecular complexity index is 283. The molecule has 1 fully saturated rings. The van der Waals surface area contributed by atoms with Gasteiger partial charge in [-0.15, -0.1) is 0 Å². The SMILES string of the molecule is CNC1(CC(=O)OCCC(C)(C)OC)CCCCC1. The van der Waals surface area contributed by atoms with Crippen LogP contribution in [0.5, 0.6) is 0 Å². The average Bonchev–Trinajstić information content (AvgIpc) is 2.39. The van der Waals surface area contributed by atoms with Gasteiger partial charge in [-0.2, -0.15) is 0 Å². The third-order valence-electron chi connectivity index (χ3n) is 4.34. The highest BCUT2D eigenvalue weighted by Crippen LogP contribution is 2.31. The molecule has 0 aromatic carbocycles. The fraction of sp³-hybridized carbons (Fsp3) is 0.933. The molecule has 0 aliphatic heterocycles. The van der Waals surface area contributed by atoms with Gasteiger partial charge in [-0.05, 0) is 33.7 Å². The maximum atomic E-state index is 11.9. The van der Waals surface area contributed by atoms with Crippen molar-refractivity contribution < 1.29 is 14.3 Å². The van der Waals surface area contributed by atoms with Crippen molar-refractivity contribution in [2.45, 2.75) is 69.9 Å². The highest BCUT2D eigenvalue weighted by Gasteiger charge is 2.33. The zero-order chi connectivity index (χ0) is 14.4. The van der Waals surface area contributed by atoms with E-state index >= 15 is 0 Å². The molecule has 19 heavy (non-hydrogen) atoms. The molecule has 0 unspecified atom stereocenters. The van der Waals surface area contributed by atoms with Crippen LogP contribution in [0.15, 0.2) is 0 Å². The van der Waals surface area contributed by atoms with Gasteiger partial charge in [0.2, 0.25) is 0 Å². The van der Waals surface area contributed by atoms with E-state index < -0.39 is 0 Å². The first-order chi connectivity index (χ1) is 8.93. The Morgan fingerprint density at radius 3 is 2.42 bits per heavy atom. The molecule has 112 valence electrons. The van der Waals surface area contributed by atoms with Gasteiger partial charge in [0.25, 0.3) is 0 Å². The minimum atomic E-state index is -0.230. The van der Waals surface area contributed by atoms with Crippen LogP contribution in [0.3, 0.4) is 0 Å². The maximum Gasteiger partial charge on any atom is 0.307 e. The van der Waals surface area contributed by atoms with E-state index in [0.29, 0.717) is 13.0 Å². The second kappa shape index (κ2) is 7.25. The summed E-state index contributed by atoms with van der Waals surface area (Å²) >= 11 is 0. The van der Waals surface area contributed by atoms with Crippen LogP contribution < -0.4 is 5.32 Å². The molecule has 0 atom stereocenters. The number of rotatable bonds is 7. The predicted molar refractivity (Wildman–Crippen MR) is 76.2 cm³/mol. The van der Waals surface area contributed by atoms with Crippen molar-refractivity contribution >= 4 is 5.97 Å². The summed E-state index contributed by atoms with van der Waals surface area (Å²) in [5.74, 6) is -0.0943. The number of carbonyl (C=O) groups excluding carboxylic acids is 1. The van der Waals surface area contributed by atoms with E-state index in [1.807, 2.05) is 20.9 Å². The summed E-state index contributed by atoms with van der Waals surface area (Å²) in [5, 5.41) is 3.34. The van der Waals surface area contributed by atoms with E-state index in [1.54, 1.807) is 7.11 Å². The Kier molecular flexibility index (Phi) is 6.27. The van der Waals surface area contributed by atoms with Crippen LogP contribution in [0, 0.1) is 0 Å². The molecule has 4 nitrogen and oxygen atoms in total. The molecular formula is C15H29NO3. The lowest BCUT2D eigenvalue weighted by molar-refractivity contribution is -0.147. The summed E-state index contributed by atoms with van der Waals surface area (Å²) in [4.78, 5) is 11.9. The molecule has 0 bridgehead atoms. The maximum absolute atomic E-state index is 11.9. The first-order valence-electron chi connectivity index (χ1n) is 7.33. The number of carbonyl (C=O) groups is 1. The van der Waals surface area contributed by atoms with E-state index in [1.165, 1.54) is 19.3 Å². The van der Waals surface area contributed by atoms with E-state index in [4.69, 9.17) is 9.47 Å². The average molecular weight is 271 g/mol. The molecule has 0 heterocycles. The molecule has 1 saturated carbocycles. The summed E-state index contributed by atoms with van der Waals surface area (Å²) in [7, 11) is 3.63. The zero-order valence-electron chi connectivity index (χ0n) is 12.9. The molecule has 4 heteroatoms. The normalized spacial score (nSPS) is 19.2. The van der Waals surface area contributed by atoms with Crippen molar-refractivity contribution in [3.8, 4) is 0 Å². The molecule has 1 aliphatic carbocycles. The van der Waals surface area contributed by atoms with Crippen LogP contribution in [0.1, 0.15) is 58.8 Å². The molecule has 0 aromatic rings. The third-order valence-corrected chi connectivity index (χ3v) is 4.34. The van der Waals surface area contributed by atoms with Gasteiger partial charge in [0.1, 0.15) is 0 Å². The van der Waals surface area contributed by atoms with Gasteiger partial charge in [-0.3, -0.25) is 4.79 Å². The van der Waals surface area contributed by atoms with Crippen LogP contribution in [-0.4, -0.2) is 37.9 Å². The monoisotopic (exact) mass is 271 g/mol. The lowest BCUT2D eigenvalue weighted by atomic mass is 9.79. The topological polar surface area (TPSA) is 47.6 Å². The molecule has 1 rings (SSSR count). The highest BCUT2D eigenvalue weighted by molar-refractivity contribution is 5.71. The van der Waals surface area contributed by atoms with Crippen LogP contribution >= 0.6 is 0 Å². The van der Waals surface area contributed by atoms with Crippen molar-refractivity contribution in [2.75, 3.05) is 20.8 Å². The number of ether oxygens (including phenoxy) is 2. The van der Waals surface area contributed by atoms with Crippen molar-refractivity contribution in [3.05, 3.63) is 0 Å². The lowest BCUT2D eigenvalue weighted by Crippen LogP contribution is -2.46.